The lowest BCUT2D eigenvalue weighted by Crippen LogP contribution is -2.41. The maximum Gasteiger partial charge on any atom is 0.494 e. The van der Waals surface area contributed by atoms with Crippen LogP contribution in [0.5, 0.6) is 23.0 Å². The molecule has 0 N–H and O–H groups in total. The predicted octanol–water partition coefficient (Wildman–Crippen LogP) is 23.2. The van der Waals surface area contributed by atoms with Crippen LogP contribution in [0.25, 0.3) is 100 Å². The second kappa shape index (κ2) is 25.5. The van der Waals surface area contributed by atoms with Crippen molar-refractivity contribution in [1.82, 2.24) is 19.9 Å². The van der Waals surface area contributed by atoms with Gasteiger partial charge in [-0.2, -0.15) is 0 Å². The molecule has 2 spiro atoms. The fourth-order valence-corrected chi connectivity index (χ4v) is 16.6. The summed E-state index contributed by atoms with van der Waals surface area (Å²) in [6.45, 7) is 8.37. The molecular formula is C96H68BClN4O4. The Hall–Kier alpha value is -12.4. The van der Waals surface area contributed by atoms with Gasteiger partial charge in [-0.05, 0) is 156 Å². The second-order valence-corrected chi connectivity index (χ2v) is 29.0. The largest absolute Gasteiger partial charge is 0.494 e. The van der Waals surface area contributed by atoms with Crippen molar-refractivity contribution in [3.8, 4) is 102 Å². The topological polar surface area (TPSA) is 88.5 Å². The molecule has 106 heavy (non-hydrogen) atoms. The lowest BCUT2D eigenvalue weighted by atomic mass is 9.64. The summed E-state index contributed by atoms with van der Waals surface area (Å²) in [6.07, 6.45) is 0. The van der Waals surface area contributed by atoms with Crippen molar-refractivity contribution < 1.29 is 18.8 Å². The third-order valence-electron chi connectivity index (χ3n) is 22.1. The minimum atomic E-state index is -0.486. The summed E-state index contributed by atoms with van der Waals surface area (Å²) in [5, 5.41) is 2.81. The number of ether oxygens (including phenoxy) is 2. The van der Waals surface area contributed by atoms with Gasteiger partial charge in [-0.3, -0.25) is 0 Å². The number of hydrogen-bond acceptors (Lipinski definition) is 8. The van der Waals surface area contributed by atoms with E-state index in [0.29, 0.717) is 16.7 Å². The minimum absolute atomic E-state index is 0.402. The molecule has 1 fully saturated rings. The molecular weight excluding hydrogens is 1320 g/mol. The molecule has 0 radical (unpaired) electrons. The molecule has 0 bridgehead atoms. The van der Waals surface area contributed by atoms with Crippen LogP contribution in [0.2, 0.25) is 5.02 Å². The maximum absolute atomic E-state index is 6.63. The summed E-state index contributed by atoms with van der Waals surface area (Å²) < 4.78 is 26.0. The summed E-state index contributed by atoms with van der Waals surface area (Å²) in [7, 11) is -0.439. The van der Waals surface area contributed by atoms with Crippen LogP contribution < -0.4 is 14.9 Å². The molecule has 16 aromatic rings. The molecule has 5 heterocycles. The van der Waals surface area contributed by atoms with Crippen LogP contribution in [0.4, 0.5) is 0 Å². The van der Waals surface area contributed by atoms with E-state index in [4.69, 9.17) is 50.3 Å². The van der Waals surface area contributed by atoms with Gasteiger partial charge >= 0.3 is 7.12 Å². The van der Waals surface area contributed by atoms with E-state index in [1.165, 1.54) is 50.1 Å². The van der Waals surface area contributed by atoms with E-state index in [-0.39, 0.29) is 0 Å². The first-order valence-electron chi connectivity index (χ1n) is 36.0. The van der Waals surface area contributed by atoms with Crippen LogP contribution in [0.1, 0.15) is 72.2 Å². The van der Waals surface area contributed by atoms with E-state index >= 15 is 0 Å². The van der Waals surface area contributed by atoms with E-state index < -0.39 is 29.2 Å². The van der Waals surface area contributed by atoms with Crippen LogP contribution in [0, 0.1) is 0 Å². The van der Waals surface area contributed by atoms with Crippen molar-refractivity contribution in [3.63, 3.8) is 0 Å². The molecule has 2 aliphatic carbocycles. The molecule has 8 nitrogen and oxygen atoms in total. The molecule has 10 heteroatoms. The summed E-state index contributed by atoms with van der Waals surface area (Å²) in [4.78, 5) is 19.6. The number of nitrogens with zero attached hydrogens (tertiary/aromatic N) is 4. The molecule has 2 aromatic heterocycles. The van der Waals surface area contributed by atoms with E-state index in [9.17, 15) is 0 Å². The van der Waals surface area contributed by atoms with Crippen LogP contribution in [0.3, 0.4) is 0 Å². The average molecular weight is 1390 g/mol. The van der Waals surface area contributed by atoms with E-state index in [1.54, 1.807) is 0 Å². The summed E-state index contributed by atoms with van der Waals surface area (Å²) in [5.74, 6) is 4.98. The Kier molecular flexibility index (Phi) is 15.5. The van der Waals surface area contributed by atoms with Crippen molar-refractivity contribution in [3.05, 3.63) is 389 Å². The minimum Gasteiger partial charge on any atom is -0.457 e. The Labute approximate surface area is 621 Å². The Morgan fingerprint density at radius 3 is 1.07 bits per heavy atom. The lowest BCUT2D eigenvalue weighted by Gasteiger charge is -2.39. The number of benzene rings is 14. The zero-order valence-electron chi connectivity index (χ0n) is 58.7. The fourth-order valence-electron chi connectivity index (χ4n) is 16.5. The van der Waals surface area contributed by atoms with Gasteiger partial charge in [0.25, 0.3) is 0 Å². The number of halogens is 1. The van der Waals surface area contributed by atoms with Gasteiger partial charge in [0.1, 0.15) is 23.0 Å². The maximum atomic E-state index is 6.63. The highest BCUT2D eigenvalue weighted by molar-refractivity contribution is 6.62. The molecule has 14 aromatic carbocycles. The van der Waals surface area contributed by atoms with Gasteiger partial charge in [0.05, 0.1) is 44.5 Å². The Morgan fingerprint density at radius 2 is 0.613 bits per heavy atom. The van der Waals surface area contributed by atoms with Gasteiger partial charge in [0.2, 0.25) is 0 Å². The third kappa shape index (κ3) is 10.4. The summed E-state index contributed by atoms with van der Waals surface area (Å²) in [6, 6.07) is 118. The smallest absolute Gasteiger partial charge is 0.457 e. The lowest BCUT2D eigenvalue weighted by molar-refractivity contribution is 0.00578. The first-order valence-corrected chi connectivity index (χ1v) is 36.4. The highest BCUT2D eigenvalue weighted by Gasteiger charge is 2.55. The number of fused-ring (bicyclic) bond motifs is 20. The van der Waals surface area contributed by atoms with Gasteiger partial charge in [-0.15, -0.1) is 0 Å². The van der Waals surface area contributed by atoms with Crippen LogP contribution in [-0.2, 0) is 20.1 Å². The van der Waals surface area contributed by atoms with Crippen molar-refractivity contribution in [1.29, 1.82) is 0 Å². The van der Waals surface area contributed by atoms with Crippen molar-refractivity contribution in [2.45, 2.75) is 49.7 Å². The number of para-hydroxylation sites is 4. The van der Waals surface area contributed by atoms with Crippen LogP contribution in [-0.4, -0.2) is 38.3 Å². The third-order valence-corrected chi connectivity index (χ3v) is 22.4. The Bertz CT molecular complexity index is 6040. The second-order valence-electron chi connectivity index (χ2n) is 28.6. The van der Waals surface area contributed by atoms with Crippen molar-refractivity contribution in [2.24, 2.45) is 0 Å². The van der Waals surface area contributed by atoms with Gasteiger partial charge in [-0.25, -0.2) is 19.9 Å². The highest BCUT2D eigenvalue weighted by Crippen LogP contribution is 2.64. The number of rotatable bonds is 6. The fraction of sp³-hybridized carbons (Fsp3) is 0.0833. The van der Waals surface area contributed by atoms with Gasteiger partial charge in [0, 0.05) is 60.3 Å². The molecule has 5 aliphatic rings. The molecule has 506 valence electrons. The Morgan fingerprint density at radius 1 is 0.274 bits per heavy atom. The molecule has 3 aliphatic heterocycles. The van der Waals surface area contributed by atoms with E-state index in [2.05, 4.69) is 282 Å². The highest BCUT2D eigenvalue weighted by atomic mass is 35.5. The zero-order valence-corrected chi connectivity index (χ0v) is 59.5. The Balaban J connectivity index is 0.000000116. The quantitative estimate of drug-likeness (QED) is 0.152. The number of hydrogen-bond donors (Lipinski definition) is 0. The number of aromatic nitrogens is 4. The normalized spacial score (nSPS) is 14.8. The van der Waals surface area contributed by atoms with Crippen LogP contribution >= 0.6 is 11.6 Å². The molecule has 0 unspecified atom stereocenters. The van der Waals surface area contributed by atoms with Gasteiger partial charge in [-0.1, -0.05) is 285 Å². The SMILES string of the molecule is CC1(C)OB(c2ccc3c(c2)C2(c4ccccc4O3)c3ccccc3-c3ccccc32)OC1(C)C.Clc1ccc(-c2nc(-c3ccccc3)c3ccccc3n2)cc1.c1ccc(-c2nc(-c3ccc(-c4ccc5c(c4)C4(c6ccccc6O5)c5ccccc5-c5ccccc54)cc3)nc3ccccc23)cc1. The van der Waals surface area contributed by atoms with Crippen LogP contribution in [0.15, 0.2) is 340 Å². The molecule has 0 amide bonds. The van der Waals surface area contributed by atoms with Gasteiger partial charge < -0.3 is 18.8 Å². The van der Waals surface area contributed by atoms with E-state index in [1.807, 2.05) is 84.9 Å². The van der Waals surface area contributed by atoms with Gasteiger partial charge in [0.15, 0.2) is 11.6 Å². The summed E-state index contributed by atoms with van der Waals surface area (Å²) >= 11 is 5.98. The summed E-state index contributed by atoms with van der Waals surface area (Å²) in [5.41, 5.74) is 24.2. The molecule has 0 atom stereocenters. The predicted molar refractivity (Wildman–Crippen MR) is 428 cm³/mol. The average Bonchev–Trinajstić information content (AvgIpc) is 1.50. The zero-order chi connectivity index (χ0) is 71.3. The van der Waals surface area contributed by atoms with Crippen molar-refractivity contribution in [2.75, 3.05) is 0 Å². The standard InChI is InChI=1S/C45H28N2O.C31H27BO3.C20H13ClN2/c1-2-12-30(13-3-1)43-35-16-6-10-20-40(35)46-44(47-43)31-24-22-29(23-25-31)32-26-27-42-39(28-32)45(38-19-9-11-21-41(38)48-42)36-17-7-4-14-33(36)34-15-5-8-18-37(34)45;1-29(2)30(3,4)35-32(34-29)20-17-18-28-26(19-20)31(25-15-9-10-16-27(25)33-28)23-13-7-5-11-21(23)22-12-6-8-14-24(22)31;21-16-12-10-15(11-13-16)20-22-18-9-5-4-8-17(18)19(23-20)14-6-2-1-3-7-14/h1-28H;5-19H,1-4H3;1-13H. The molecule has 21 rings (SSSR count). The first-order chi connectivity index (χ1) is 51.9. The molecule has 1 saturated heterocycles. The monoisotopic (exact) mass is 1390 g/mol. The van der Waals surface area contributed by atoms with Crippen molar-refractivity contribution >= 4 is 46.0 Å². The first kappa shape index (κ1) is 64.5. The van der Waals surface area contributed by atoms with E-state index in [0.717, 1.165) is 112 Å². The molecule has 0 saturated carbocycles.